The average molecular weight is 419 g/mol. The lowest BCUT2D eigenvalue weighted by atomic mass is 10.1. The van der Waals surface area contributed by atoms with Crippen LogP contribution in [0.15, 0.2) is 35.5 Å². The van der Waals surface area contributed by atoms with Crippen LogP contribution in [0.4, 0.5) is 17.5 Å². The van der Waals surface area contributed by atoms with Gasteiger partial charge in [0.25, 0.3) is 11.5 Å². The number of nitrogens with zero attached hydrogens (tertiary/aromatic N) is 6. The van der Waals surface area contributed by atoms with E-state index >= 15 is 0 Å². The Hall–Kier alpha value is -3.49. The van der Waals surface area contributed by atoms with Crippen LogP contribution >= 0.6 is 0 Å². The molecule has 1 saturated heterocycles. The first-order chi connectivity index (χ1) is 15.1. The van der Waals surface area contributed by atoms with Gasteiger partial charge in [0.15, 0.2) is 0 Å². The highest BCUT2D eigenvalue weighted by Crippen LogP contribution is 2.35. The molecule has 2 aliphatic rings. The van der Waals surface area contributed by atoms with Crippen molar-refractivity contribution in [2.75, 3.05) is 34.8 Å². The molecule has 9 heteroatoms. The highest BCUT2D eigenvalue weighted by molar-refractivity contribution is 6.13. The summed E-state index contributed by atoms with van der Waals surface area (Å²) in [6.45, 7) is 6.45. The summed E-state index contributed by atoms with van der Waals surface area (Å²) in [4.78, 5) is 44.3. The van der Waals surface area contributed by atoms with Crippen LogP contribution in [-0.2, 0) is 6.54 Å². The van der Waals surface area contributed by atoms with Gasteiger partial charge in [-0.25, -0.2) is 9.97 Å². The predicted octanol–water partition coefficient (Wildman–Crippen LogP) is 2.27. The Labute approximate surface area is 179 Å². The van der Waals surface area contributed by atoms with Gasteiger partial charge in [-0.15, -0.1) is 0 Å². The monoisotopic (exact) mass is 419 g/mol. The smallest absolute Gasteiger partial charge is 0.263 e. The zero-order valence-corrected chi connectivity index (χ0v) is 17.7. The summed E-state index contributed by atoms with van der Waals surface area (Å²) < 4.78 is 1.57. The van der Waals surface area contributed by atoms with E-state index < -0.39 is 0 Å². The second-order valence-corrected chi connectivity index (χ2v) is 7.87. The number of aromatic nitrogens is 4. The average Bonchev–Trinajstić information content (AvgIpc) is 3.21. The van der Waals surface area contributed by atoms with Gasteiger partial charge < -0.3 is 15.1 Å². The molecule has 1 atom stereocenters. The van der Waals surface area contributed by atoms with Crippen molar-refractivity contribution in [3.63, 3.8) is 0 Å². The molecule has 31 heavy (non-hydrogen) atoms. The molecule has 2 aliphatic heterocycles. The summed E-state index contributed by atoms with van der Waals surface area (Å²) in [5.41, 5.74) is 1.51. The normalized spacial score (nSPS) is 18.1. The second-order valence-electron chi connectivity index (χ2n) is 7.87. The molecular weight excluding hydrogens is 394 g/mol. The van der Waals surface area contributed by atoms with Crippen LogP contribution in [0.3, 0.4) is 0 Å². The standard InChI is InChI=1S/C22H25N7O2/c1-3-23-22-24-11-15-19(26-22)28-10-6-7-14(28)12-29(20(15)30)17-9-5-8-16-18(17)21(31)27(4-2)13-25-16/h5,8-9,11,13-14H,3-4,6-7,10,12H2,1-2H3,(H,23,24,26)/t14-/m0/s1. The third-order valence-corrected chi connectivity index (χ3v) is 6.08. The van der Waals surface area contributed by atoms with Crippen molar-refractivity contribution in [2.24, 2.45) is 0 Å². The summed E-state index contributed by atoms with van der Waals surface area (Å²) in [5.74, 6) is 1.00. The summed E-state index contributed by atoms with van der Waals surface area (Å²) in [7, 11) is 0. The van der Waals surface area contributed by atoms with Crippen molar-refractivity contribution >= 4 is 34.3 Å². The Morgan fingerprint density at radius 1 is 1.19 bits per heavy atom. The number of nitrogens with one attached hydrogen (secondary N) is 1. The van der Waals surface area contributed by atoms with Gasteiger partial charge in [-0.1, -0.05) is 6.07 Å². The van der Waals surface area contributed by atoms with Crippen molar-refractivity contribution in [3.05, 3.63) is 46.6 Å². The number of aryl methyl sites for hydroxylation is 1. The maximum absolute atomic E-state index is 13.7. The molecule has 0 radical (unpaired) electrons. The third-order valence-electron chi connectivity index (χ3n) is 6.08. The quantitative estimate of drug-likeness (QED) is 0.693. The van der Waals surface area contributed by atoms with Gasteiger partial charge in [-0.3, -0.25) is 14.2 Å². The maximum Gasteiger partial charge on any atom is 0.263 e. The van der Waals surface area contributed by atoms with Crippen LogP contribution in [0, 0.1) is 0 Å². The van der Waals surface area contributed by atoms with Crippen molar-refractivity contribution in [1.29, 1.82) is 0 Å². The molecule has 1 amide bonds. The SMILES string of the molecule is CCNc1ncc2c(n1)N1CCC[C@H]1CN(c1cccc3ncn(CC)c(=O)c13)C2=O. The number of hydrogen-bond donors (Lipinski definition) is 1. The first-order valence-electron chi connectivity index (χ1n) is 10.8. The van der Waals surface area contributed by atoms with E-state index in [4.69, 9.17) is 0 Å². The number of amides is 1. The molecular formula is C22H25N7O2. The molecule has 1 fully saturated rings. The van der Waals surface area contributed by atoms with E-state index in [1.807, 2.05) is 32.0 Å². The van der Waals surface area contributed by atoms with E-state index in [0.29, 0.717) is 53.6 Å². The molecule has 4 heterocycles. The largest absolute Gasteiger partial charge is 0.354 e. The molecule has 3 aromatic rings. The van der Waals surface area contributed by atoms with Crippen LogP contribution < -0.4 is 20.7 Å². The first kappa shape index (κ1) is 19.5. The van der Waals surface area contributed by atoms with Crippen LogP contribution in [-0.4, -0.2) is 51.1 Å². The van der Waals surface area contributed by atoms with E-state index in [2.05, 4.69) is 25.2 Å². The van der Waals surface area contributed by atoms with E-state index in [0.717, 1.165) is 19.4 Å². The number of carbonyl (C=O) groups excluding carboxylic acids is 1. The molecule has 9 nitrogen and oxygen atoms in total. The fourth-order valence-electron chi connectivity index (χ4n) is 4.57. The number of rotatable bonds is 4. The number of anilines is 3. The van der Waals surface area contributed by atoms with Gasteiger partial charge in [-0.2, -0.15) is 4.98 Å². The third kappa shape index (κ3) is 3.11. The summed E-state index contributed by atoms with van der Waals surface area (Å²) in [6.07, 6.45) is 5.16. The van der Waals surface area contributed by atoms with Crippen LogP contribution in [0.5, 0.6) is 0 Å². The fourth-order valence-corrected chi connectivity index (χ4v) is 4.57. The maximum atomic E-state index is 13.7. The van der Waals surface area contributed by atoms with Gasteiger partial charge in [0.2, 0.25) is 5.95 Å². The lowest BCUT2D eigenvalue weighted by Gasteiger charge is -2.27. The second kappa shape index (κ2) is 7.64. The molecule has 0 unspecified atom stereocenters. The minimum Gasteiger partial charge on any atom is -0.354 e. The highest BCUT2D eigenvalue weighted by Gasteiger charge is 2.38. The summed E-state index contributed by atoms with van der Waals surface area (Å²) >= 11 is 0. The molecule has 1 aromatic carbocycles. The molecule has 1 N–H and O–H groups in total. The summed E-state index contributed by atoms with van der Waals surface area (Å²) in [6, 6.07) is 5.62. The van der Waals surface area contributed by atoms with E-state index in [1.165, 1.54) is 0 Å². The van der Waals surface area contributed by atoms with Crippen molar-refractivity contribution in [2.45, 2.75) is 39.3 Å². The molecule has 0 aliphatic carbocycles. The van der Waals surface area contributed by atoms with Crippen molar-refractivity contribution < 1.29 is 4.79 Å². The van der Waals surface area contributed by atoms with Gasteiger partial charge >= 0.3 is 0 Å². The topological polar surface area (TPSA) is 96.2 Å². The van der Waals surface area contributed by atoms with Gasteiger partial charge in [-0.05, 0) is 38.8 Å². The molecule has 0 spiro atoms. The van der Waals surface area contributed by atoms with Gasteiger partial charge in [0, 0.05) is 38.4 Å². The fraction of sp³-hybridized carbons (Fsp3) is 0.409. The van der Waals surface area contributed by atoms with Crippen LogP contribution in [0.1, 0.15) is 37.0 Å². The van der Waals surface area contributed by atoms with Crippen LogP contribution in [0.25, 0.3) is 10.9 Å². The molecule has 2 aromatic heterocycles. The van der Waals surface area contributed by atoms with Crippen molar-refractivity contribution in [3.8, 4) is 0 Å². The Kier molecular flexibility index (Phi) is 4.80. The Balaban J connectivity index is 1.69. The Morgan fingerprint density at radius 3 is 2.87 bits per heavy atom. The Bertz CT molecular complexity index is 1220. The lowest BCUT2D eigenvalue weighted by Crippen LogP contribution is -2.40. The molecule has 0 saturated carbocycles. The predicted molar refractivity (Wildman–Crippen MR) is 120 cm³/mol. The Morgan fingerprint density at radius 2 is 2.06 bits per heavy atom. The minimum atomic E-state index is -0.189. The highest BCUT2D eigenvalue weighted by atomic mass is 16.2. The van der Waals surface area contributed by atoms with E-state index in [-0.39, 0.29) is 17.5 Å². The zero-order valence-electron chi connectivity index (χ0n) is 17.7. The number of benzene rings is 1. The number of fused-ring (bicyclic) bond motifs is 4. The van der Waals surface area contributed by atoms with Gasteiger partial charge in [0.05, 0.1) is 22.9 Å². The molecule has 0 bridgehead atoms. The number of hydrogen-bond acceptors (Lipinski definition) is 7. The first-order valence-corrected chi connectivity index (χ1v) is 10.8. The van der Waals surface area contributed by atoms with Crippen LogP contribution in [0.2, 0.25) is 0 Å². The zero-order chi connectivity index (χ0) is 21.5. The molecule has 160 valence electrons. The van der Waals surface area contributed by atoms with Gasteiger partial charge in [0.1, 0.15) is 11.4 Å². The molecule has 5 rings (SSSR count). The number of carbonyl (C=O) groups is 1. The summed E-state index contributed by atoms with van der Waals surface area (Å²) in [5, 5.41) is 3.60. The minimum absolute atomic E-state index is 0.134. The van der Waals surface area contributed by atoms with E-state index in [1.54, 1.807) is 22.0 Å². The van der Waals surface area contributed by atoms with E-state index in [9.17, 15) is 9.59 Å². The van der Waals surface area contributed by atoms with Crippen molar-refractivity contribution in [1.82, 2.24) is 19.5 Å². The lowest BCUT2D eigenvalue weighted by molar-refractivity contribution is 0.0988.